The number of carbonyl (C=O) groups is 2. The first-order valence-corrected chi connectivity index (χ1v) is 7.71. The van der Waals surface area contributed by atoms with Gasteiger partial charge in [0.05, 0.1) is 0 Å². The molecule has 116 valence electrons. The average Bonchev–Trinajstić information content (AvgIpc) is 2.37. The van der Waals surface area contributed by atoms with Crippen LogP contribution in [0.15, 0.2) is 0 Å². The van der Waals surface area contributed by atoms with Crippen LogP contribution >= 0.6 is 0 Å². The van der Waals surface area contributed by atoms with Crippen molar-refractivity contribution in [1.29, 1.82) is 0 Å². The lowest BCUT2D eigenvalue weighted by molar-refractivity contribution is -0.123. The molecule has 5 heteroatoms. The summed E-state index contributed by atoms with van der Waals surface area (Å²) in [6, 6.07) is 0.190. The molecule has 5 nitrogen and oxygen atoms in total. The van der Waals surface area contributed by atoms with Crippen molar-refractivity contribution in [3.8, 4) is 0 Å². The highest BCUT2D eigenvalue weighted by molar-refractivity contribution is 5.77. The zero-order valence-electron chi connectivity index (χ0n) is 12.7. The van der Waals surface area contributed by atoms with Gasteiger partial charge in [0.25, 0.3) is 0 Å². The standard InChI is InChI=1S/C15H29N3O2/c1-10(2)7-11(9-16)8-14(19)18-13-5-3-12(4-6-13)15(17)20/h10-13H,3-9,16H2,1-2H3,(H2,17,20)(H,18,19)/t11-,12?,13?/m0/s1. The lowest BCUT2D eigenvalue weighted by Gasteiger charge is -2.28. The predicted octanol–water partition coefficient (Wildman–Crippen LogP) is 1.16. The van der Waals surface area contributed by atoms with E-state index >= 15 is 0 Å². The van der Waals surface area contributed by atoms with E-state index in [1.807, 2.05) is 0 Å². The van der Waals surface area contributed by atoms with Gasteiger partial charge in [0.1, 0.15) is 0 Å². The van der Waals surface area contributed by atoms with Crippen molar-refractivity contribution >= 4 is 11.8 Å². The van der Waals surface area contributed by atoms with Gasteiger partial charge in [0, 0.05) is 18.4 Å². The zero-order chi connectivity index (χ0) is 15.1. The van der Waals surface area contributed by atoms with E-state index in [2.05, 4.69) is 19.2 Å². The molecule has 1 fully saturated rings. The van der Waals surface area contributed by atoms with Crippen molar-refractivity contribution in [2.45, 2.75) is 58.4 Å². The molecule has 0 bridgehead atoms. The summed E-state index contributed by atoms with van der Waals surface area (Å²) in [5, 5.41) is 3.07. The number of primary amides is 1. The van der Waals surface area contributed by atoms with Gasteiger partial charge in [-0.3, -0.25) is 9.59 Å². The Morgan fingerprint density at radius 2 is 1.80 bits per heavy atom. The molecule has 1 aliphatic carbocycles. The smallest absolute Gasteiger partial charge is 0.220 e. The summed E-state index contributed by atoms with van der Waals surface area (Å²) in [6.45, 7) is 4.84. The number of rotatable bonds is 7. The summed E-state index contributed by atoms with van der Waals surface area (Å²) < 4.78 is 0. The maximum atomic E-state index is 12.0. The van der Waals surface area contributed by atoms with Crippen LogP contribution in [0.2, 0.25) is 0 Å². The summed E-state index contributed by atoms with van der Waals surface area (Å²) in [6.07, 6.45) is 4.75. The number of nitrogens with one attached hydrogen (secondary N) is 1. The Morgan fingerprint density at radius 1 is 1.20 bits per heavy atom. The van der Waals surface area contributed by atoms with Crippen LogP contribution in [0.1, 0.15) is 52.4 Å². The molecular weight excluding hydrogens is 254 g/mol. The molecule has 0 unspecified atom stereocenters. The van der Waals surface area contributed by atoms with Crippen molar-refractivity contribution in [3.05, 3.63) is 0 Å². The third kappa shape index (κ3) is 5.90. The molecule has 0 aromatic rings. The quantitative estimate of drug-likeness (QED) is 0.654. The highest BCUT2D eigenvalue weighted by Gasteiger charge is 2.26. The van der Waals surface area contributed by atoms with Crippen LogP contribution in [0.3, 0.4) is 0 Å². The van der Waals surface area contributed by atoms with Crippen LogP contribution in [0.4, 0.5) is 0 Å². The van der Waals surface area contributed by atoms with E-state index in [0.29, 0.717) is 18.9 Å². The third-order valence-corrected chi connectivity index (χ3v) is 4.11. The molecule has 1 saturated carbocycles. The van der Waals surface area contributed by atoms with Crippen LogP contribution in [0.5, 0.6) is 0 Å². The SMILES string of the molecule is CC(C)C[C@H](CN)CC(=O)NC1CCC(C(N)=O)CC1. The summed E-state index contributed by atoms with van der Waals surface area (Å²) in [5.41, 5.74) is 11.0. The fourth-order valence-corrected chi connectivity index (χ4v) is 3.00. The Kier molecular flexibility index (Phi) is 6.99. The van der Waals surface area contributed by atoms with Gasteiger partial charge in [0.2, 0.25) is 11.8 Å². The van der Waals surface area contributed by atoms with E-state index in [4.69, 9.17) is 11.5 Å². The molecule has 1 atom stereocenters. The molecule has 2 amide bonds. The summed E-state index contributed by atoms with van der Waals surface area (Å²) in [7, 11) is 0. The van der Waals surface area contributed by atoms with Crippen molar-refractivity contribution in [3.63, 3.8) is 0 Å². The molecule has 0 aromatic carbocycles. The van der Waals surface area contributed by atoms with Gasteiger partial charge < -0.3 is 16.8 Å². The zero-order valence-corrected chi connectivity index (χ0v) is 12.7. The second-order valence-corrected chi connectivity index (χ2v) is 6.45. The fourth-order valence-electron chi connectivity index (χ4n) is 3.00. The van der Waals surface area contributed by atoms with Crippen LogP contribution in [0.25, 0.3) is 0 Å². The Balaban J connectivity index is 2.30. The Hall–Kier alpha value is -1.10. The van der Waals surface area contributed by atoms with Crippen LogP contribution in [-0.4, -0.2) is 24.4 Å². The number of hydrogen-bond acceptors (Lipinski definition) is 3. The Morgan fingerprint density at radius 3 is 2.25 bits per heavy atom. The number of hydrogen-bond donors (Lipinski definition) is 3. The van der Waals surface area contributed by atoms with Crippen LogP contribution < -0.4 is 16.8 Å². The predicted molar refractivity (Wildman–Crippen MR) is 79.7 cm³/mol. The van der Waals surface area contributed by atoms with E-state index in [-0.39, 0.29) is 29.7 Å². The first kappa shape index (κ1) is 17.0. The summed E-state index contributed by atoms with van der Waals surface area (Å²) in [5.74, 6) is 0.679. The minimum absolute atomic E-state index is 0.0131. The second-order valence-electron chi connectivity index (χ2n) is 6.45. The highest BCUT2D eigenvalue weighted by atomic mass is 16.2. The van der Waals surface area contributed by atoms with Gasteiger partial charge in [-0.25, -0.2) is 0 Å². The lowest BCUT2D eigenvalue weighted by Crippen LogP contribution is -2.40. The van der Waals surface area contributed by atoms with Crippen LogP contribution in [-0.2, 0) is 9.59 Å². The van der Waals surface area contributed by atoms with Gasteiger partial charge in [-0.1, -0.05) is 13.8 Å². The molecule has 0 heterocycles. The topological polar surface area (TPSA) is 98.2 Å². The van der Waals surface area contributed by atoms with Gasteiger partial charge >= 0.3 is 0 Å². The Bertz CT molecular complexity index is 323. The molecule has 0 radical (unpaired) electrons. The Labute approximate surface area is 121 Å². The molecule has 1 aliphatic rings. The van der Waals surface area contributed by atoms with E-state index in [1.54, 1.807) is 0 Å². The molecule has 1 rings (SSSR count). The molecule has 0 spiro atoms. The van der Waals surface area contributed by atoms with E-state index < -0.39 is 0 Å². The van der Waals surface area contributed by atoms with Crippen molar-refractivity contribution in [2.75, 3.05) is 6.54 Å². The molecule has 0 aromatic heterocycles. The van der Waals surface area contributed by atoms with Crippen molar-refractivity contribution < 1.29 is 9.59 Å². The average molecular weight is 283 g/mol. The molecule has 0 saturated heterocycles. The molecule has 5 N–H and O–H groups in total. The largest absolute Gasteiger partial charge is 0.369 e. The van der Waals surface area contributed by atoms with E-state index in [0.717, 1.165) is 32.1 Å². The maximum Gasteiger partial charge on any atom is 0.220 e. The third-order valence-electron chi connectivity index (χ3n) is 4.11. The van der Waals surface area contributed by atoms with Crippen molar-refractivity contribution in [1.82, 2.24) is 5.32 Å². The maximum absolute atomic E-state index is 12.0. The van der Waals surface area contributed by atoms with Crippen LogP contribution in [0, 0.1) is 17.8 Å². The van der Waals surface area contributed by atoms with E-state index in [1.165, 1.54) is 0 Å². The van der Waals surface area contributed by atoms with Crippen molar-refractivity contribution in [2.24, 2.45) is 29.2 Å². The highest BCUT2D eigenvalue weighted by Crippen LogP contribution is 2.24. The normalized spacial score (nSPS) is 24.4. The van der Waals surface area contributed by atoms with Gasteiger partial charge in [-0.15, -0.1) is 0 Å². The molecular formula is C15H29N3O2. The van der Waals surface area contributed by atoms with Gasteiger partial charge in [0.15, 0.2) is 0 Å². The second kappa shape index (κ2) is 8.25. The first-order chi connectivity index (χ1) is 9.42. The van der Waals surface area contributed by atoms with E-state index in [9.17, 15) is 9.59 Å². The molecule has 20 heavy (non-hydrogen) atoms. The number of amides is 2. The summed E-state index contributed by atoms with van der Waals surface area (Å²) >= 11 is 0. The fraction of sp³-hybridized carbons (Fsp3) is 0.867. The van der Waals surface area contributed by atoms with Gasteiger partial charge in [-0.2, -0.15) is 0 Å². The summed E-state index contributed by atoms with van der Waals surface area (Å²) in [4.78, 5) is 23.1. The number of nitrogens with two attached hydrogens (primary N) is 2. The minimum atomic E-state index is -0.213. The lowest BCUT2D eigenvalue weighted by atomic mass is 9.85. The minimum Gasteiger partial charge on any atom is -0.369 e. The van der Waals surface area contributed by atoms with Gasteiger partial charge in [-0.05, 0) is 50.5 Å². The molecule has 0 aliphatic heterocycles. The first-order valence-electron chi connectivity index (χ1n) is 7.71. The monoisotopic (exact) mass is 283 g/mol. The number of carbonyl (C=O) groups excluding carboxylic acids is 2.